The number of halogens is 1. The molecule has 0 amide bonds. The van der Waals surface area contributed by atoms with Crippen molar-refractivity contribution in [3.05, 3.63) is 29.6 Å². The summed E-state index contributed by atoms with van der Waals surface area (Å²) in [5.74, 6) is 0.520. The molecule has 1 unspecified atom stereocenters. The molecule has 23 heavy (non-hydrogen) atoms. The van der Waals surface area contributed by atoms with E-state index >= 15 is 0 Å². The number of fused-ring (bicyclic) bond motifs is 1. The summed E-state index contributed by atoms with van der Waals surface area (Å²) >= 11 is 0. The smallest absolute Gasteiger partial charge is 0.162 e. The van der Waals surface area contributed by atoms with Gasteiger partial charge in [0, 0.05) is 5.75 Å². The van der Waals surface area contributed by atoms with Gasteiger partial charge in [-0.2, -0.15) is 0 Å². The lowest BCUT2D eigenvalue weighted by Crippen LogP contribution is -2.59. The first-order chi connectivity index (χ1) is 10.9. The Kier molecular flexibility index (Phi) is 4.65. The summed E-state index contributed by atoms with van der Waals surface area (Å²) in [6.07, 6.45) is 5.76. The fourth-order valence-electron chi connectivity index (χ4n) is 3.69. The van der Waals surface area contributed by atoms with Crippen molar-refractivity contribution in [1.82, 2.24) is 5.32 Å². The highest BCUT2D eigenvalue weighted by molar-refractivity contribution is 7.91. The van der Waals surface area contributed by atoms with Crippen molar-refractivity contribution < 1.29 is 17.5 Å². The van der Waals surface area contributed by atoms with Crippen molar-refractivity contribution in [2.45, 2.75) is 57.1 Å². The third kappa shape index (κ3) is 3.53. The molecule has 1 aliphatic heterocycles. The lowest BCUT2D eigenvalue weighted by Gasteiger charge is -2.47. The maximum absolute atomic E-state index is 13.5. The Labute approximate surface area is 137 Å². The highest BCUT2D eigenvalue weighted by Crippen LogP contribution is 2.42. The maximum Gasteiger partial charge on any atom is 0.162 e. The quantitative estimate of drug-likeness (QED) is 0.915. The number of rotatable bonds is 4. The normalized spacial score (nSPS) is 23.3. The van der Waals surface area contributed by atoms with E-state index in [-0.39, 0.29) is 29.1 Å². The number of nitrogens with one attached hydrogen (secondary N) is 1. The number of hydrogen-bond acceptors (Lipinski definition) is 4. The highest BCUT2D eigenvalue weighted by atomic mass is 32.2. The SMILES string of the molecule is CCS(=O)(=O)CNC1Cc2cc(F)ccc2OC12CCCCC2. The molecule has 0 bridgehead atoms. The second-order valence-electron chi connectivity index (χ2n) is 6.62. The van der Waals surface area contributed by atoms with Crippen LogP contribution in [0.4, 0.5) is 4.39 Å². The van der Waals surface area contributed by atoms with Crippen LogP contribution in [-0.4, -0.2) is 31.7 Å². The third-order valence-electron chi connectivity index (χ3n) is 5.08. The molecule has 1 heterocycles. The number of ether oxygens (including phenoxy) is 1. The van der Waals surface area contributed by atoms with Gasteiger partial charge in [-0.1, -0.05) is 13.3 Å². The van der Waals surface area contributed by atoms with Crippen LogP contribution in [0.1, 0.15) is 44.6 Å². The van der Waals surface area contributed by atoms with Gasteiger partial charge in [0.05, 0.1) is 11.9 Å². The topological polar surface area (TPSA) is 55.4 Å². The fraction of sp³-hybridized carbons (Fsp3) is 0.647. The van der Waals surface area contributed by atoms with E-state index in [1.165, 1.54) is 18.6 Å². The third-order valence-corrected chi connectivity index (χ3v) is 6.57. The van der Waals surface area contributed by atoms with Crippen molar-refractivity contribution in [3.8, 4) is 5.75 Å². The van der Waals surface area contributed by atoms with Gasteiger partial charge in [-0.3, -0.25) is 5.32 Å². The monoisotopic (exact) mass is 341 g/mol. The predicted molar refractivity (Wildman–Crippen MR) is 87.8 cm³/mol. The molecule has 0 saturated heterocycles. The minimum absolute atomic E-state index is 0.0517. The van der Waals surface area contributed by atoms with Gasteiger partial charge in [-0.25, -0.2) is 12.8 Å². The molecule has 3 rings (SSSR count). The van der Waals surface area contributed by atoms with Crippen LogP contribution >= 0.6 is 0 Å². The lowest BCUT2D eigenvalue weighted by atomic mass is 9.75. The van der Waals surface area contributed by atoms with E-state index in [1.54, 1.807) is 13.0 Å². The van der Waals surface area contributed by atoms with Gasteiger partial charge in [-0.05, 0) is 55.9 Å². The zero-order valence-electron chi connectivity index (χ0n) is 13.5. The van der Waals surface area contributed by atoms with E-state index < -0.39 is 9.84 Å². The van der Waals surface area contributed by atoms with Crippen LogP contribution < -0.4 is 10.1 Å². The van der Waals surface area contributed by atoms with Gasteiger partial charge in [0.2, 0.25) is 0 Å². The van der Waals surface area contributed by atoms with Crippen LogP contribution in [-0.2, 0) is 16.3 Å². The summed E-state index contributed by atoms with van der Waals surface area (Å²) < 4.78 is 43.5. The van der Waals surface area contributed by atoms with Crippen LogP contribution in [0.3, 0.4) is 0 Å². The fourth-order valence-corrected chi connectivity index (χ4v) is 4.35. The number of hydrogen-bond donors (Lipinski definition) is 1. The molecule has 128 valence electrons. The van der Waals surface area contributed by atoms with Gasteiger partial charge in [0.25, 0.3) is 0 Å². The van der Waals surface area contributed by atoms with E-state index in [4.69, 9.17) is 4.74 Å². The van der Waals surface area contributed by atoms with Gasteiger partial charge in [-0.15, -0.1) is 0 Å². The van der Waals surface area contributed by atoms with Crippen molar-refractivity contribution in [2.75, 3.05) is 11.6 Å². The Balaban J connectivity index is 1.87. The molecule has 0 radical (unpaired) electrons. The summed E-state index contributed by atoms with van der Waals surface area (Å²) in [6, 6.07) is 4.51. The van der Waals surface area contributed by atoms with E-state index in [0.29, 0.717) is 6.42 Å². The molecule has 0 aromatic heterocycles. The Bertz CT molecular complexity index is 668. The second-order valence-corrected chi connectivity index (χ2v) is 8.97. The first kappa shape index (κ1) is 16.7. The maximum atomic E-state index is 13.5. The molecule has 1 aromatic rings. The summed E-state index contributed by atoms with van der Waals surface area (Å²) in [6.45, 7) is 1.65. The summed E-state index contributed by atoms with van der Waals surface area (Å²) in [4.78, 5) is 0. The summed E-state index contributed by atoms with van der Waals surface area (Å²) in [5.41, 5.74) is 0.444. The van der Waals surface area contributed by atoms with Crippen molar-refractivity contribution >= 4 is 9.84 Å². The standard InChI is InChI=1S/C17H24FNO3S/c1-2-23(20,21)12-19-16-11-13-10-14(18)6-7-15(13)22-17(16)8-4-3-5-9-17/h6-7,10,16,19H,2-5,8-9,11-12H2,1H3. The van der Waals surface area contributed by atoms with E-state index in [2.05, 4.69) is 5.32 Å². The average molecular weight is 341 g/mol. The zero-order valence-corrected chi connectivity index (χ0v) is 14.3. The Morgan fingerprint density at radius 3 is 2.74 bits per heavy atom. The van der Waals surface area contributed by atoms with Crippen molar-refractivity contribution in [1.29, 1.82) is 0 Å². The molecule has 6 heteroatoms. The molecule has 1 aromatic carbocycles. The predicted octanol–water partition coefficient (Wildman–Crippen LogP) is 2.81. The minimum atomic E-state index is -3.10. The molecule has 1 atom stereocenters. The summed E-state index contributed by atoms with van der Waals surface area (Å²) in [7, 11) is -3.10. The molecule has 2 aliphatic rings. The Morgan fingerprint density at radius 1 is 1.30 bits per heavy atom. The van der Waals surface area contributed by atoms with Crippen LogP contribution in [0.25, 0.3) is 0 Å². The second kappa shape index (κ2) is 6.40. The number of benzene rings is 1. The highest BCUT2D eigenvalue weighted by Gasteiger charge is 2.45. The first-order valence-corrected chi connectivity index (χ1v) is 10.2. The van der Waals surface area contributed by atoms with Gasteiger partial charge < -0.3 is 4.74 Å². The van der Waals surface area contributed by atoms with E-state index in [1.807, 2.05) is 0 Å². The van der Waals surface area contributed by atoms with E-state index in [0.717, 1.165) is 37.0 Å². The number of sulfone groups is 1. The molecule has 1 N–H and O–H groups in total. The van der Waals surface area contributed by atoms with Crippen LogP contribution in [0, 0.1) is 5.82 Å². The molecular formula is C17H24FNO3S. The average Bonchev–Trinajstić information content (AvgIpc) is 2.54. The summed E-state index contributed by atoms with van der Waals surface area (Å²) in [5, 5.41) is 3.20. The molecule has 4 nitrogen and oxygen atoms in total. The molecule has 1 aliphatic carbocycles. The van der Waals surface area contributed by atoms with E-state index in [9.17, 15) is 12.8 Å². The largest absolute Gasteiger partial charge is 0.485 e. The van der Waals surface area contributed by atoms with Gasteiger partial charge in [0.1, 0.15) is 17.2 Å². The Morgan fingerprint density at radius 2 is 2.04 bits per heavy atom. The van der Waals surface area contributed by atoms with Crippen molar-refractivity contribution in [2.24, 2.45) is 0 Å². The van der Waals surface area contributed by atoms with Crippen molar-refractivity contribution in [3.63, 3.8) is 0 Å². The first-order valence-electron chi connectivity index (χ1n) is 8.35. The van der Waals surface area contributed by atoms with Crippen LogP contribution in [0.5, 0.6) is 5.75 Å². The van der Waals surface area contributed by atoms with Gasteiger partial charge >= 0.3 is 0 Å². The molecular weight excluding hydrogens is 317 g/mol. The molecule has 1 saturated carbocycles. The van der Waals surface area contributed by atoms with Gasteiger partial charge in [0.15, 0.2) is 9.84 Å². The van der Waals surface area contributed by atoms with Crippen LogP contribution in [0.15, 0.2) is 18.2 Å². The lowest BCUT2D eigenvalue weighted by molar-refractivity contribution is -0.0167. The molecule has 1 spiro atoms. The minimum Gasteiger partial charge on any atom is -0.485 e. The zero-order chi connectivity index (χ0) is 16.5. The Hall–Kier alpha value is -1.14. The van der Waals surface area contributed by atoms with Crippen LogP contribution in [0.2, 0.25) is 0 Å². The molecule has 1 fully saturated rings.